The normalized spacial score (nSPS) is 10.2. The van der Waals surface area contributed by atoms with Crippen molar-refractivity contribution in [1.82, 2.24) is 4.67 Å². The van der Waals surface area contributed by atoms with E-state index < -0.39 is 0 Å². The summed E-state index contributed by atoms with van der Waals surface area (Å²) in [6, 6.07) is 0. The molecule has 0 aromatic heterocycles. The van der Waals surface area contributed by atoms with Crippen molar-refractivity contribution in [2.24, 2.45) is 0 Å². The van der Waals surface area contributed by atoms with Gasteiger partial charge in [-0.1, -0.05) is 104 Å². The molecule has 0 saturated carbocycles. The third kappa shape index (κ3) is 19.8. The van der Waals surface area contributed by atoms with Crippen LogP contribution in [0.15, 0.2) is 0 Å². The summed E-state index contributed by atoms with van der Waals surface area (Å²) in [4.78, 5) is 0. The second-order valence-electron chi connectivity index (χ2n) is 7.17. The smallest absolute Gasteiger partial charge is 0.279 e. The quantitative estimate of drug-likeness (QED) is 0.198. The van der Waals surface area contributed by atoms with Crippen molar-refractivity contribution in [3.63, 3.8) is 0 Å². The molecule has 0 rings (SSSR count). The molecule has 0 aromatic rings. The first-order valence-corrected chi connectivity index (χ1v) is 10.7. The zero-order chi connectivity index (χ0) is 17.0. The Kier molecular flexibility index (Phi) is 24.6. The Morgan fingerprint density at radius 1 is 0.542 bits per heavy atom. The third-order valence-corrected chi connectivity index (χ3v) is 4.86. The highest BCUT2D eigenvalue weighted by Gasteiger charge is 2.08. The molecule has 0 N–H and O–H groups in total. The van der Waals surface area contributed by atoms with Crippen molar-refractivity contribution < 1.29 is 12.4 Å². The molecule has 0 atom stereocenters. The SMILES string of the molecule is C=[N+]=C(CCCCCCCC)CCCCCCCCCCCC.[Cl-]. The molecule has 144 valence electrons. The fourth-order valence-corrected chi connectivity index (χ4v) is 3.21. The maximum absolute atomic E-state index is 4.26. The predicted octanol–water partition coefficient (Wildman–Crippen LogP) is 4.26. The zero-order valence-electron chi connectivity index (χ0n) is 16.8. The predicted molar refractivity (Wildman–Crippen MR) is 109 cm³/mol. The van der Waals surface area contributed by atoms with Crippen LogP contribution in [0, 0.1) is 0 Å². The number of nitrogens with zero attached hydrogens (tertiary/aromatic N) is 1. The van der Waals surface area contributed by atoms with Gasteiger partial charge in [-0.05, 0) is 12.8 Å². The van der Waals surface area contributed by atoms with Crippen LogP contribution in [0.1, 0.15) is 129 Å². The minimum atomic E-state index is 0. The van der Waals surface area contributed by atoms with Gasteiger partial charge < -0.3 is 12.4 Å². The Labute approximate surface area is 159 Å². The summed E-state index contributed by atoms with van der Waals surface area (Å²) in [5.74, 6) is 0. The Bertz CT molecular complexity index is 282. The van der Waals surface area contributed by atoms with Crippen LogP contribution < -0.4 is 17.1 Å². The van der Waals surface area contributed by atoms with Crippen LogP contribution in [0.2, 0.25) is 0 Å². The molecule has 0 aliphatic rings. The Balaban J connectivity index is 0. The van der Waals surface area contributed by atoms with E-state index in [0.29, 0.717) is 0 Å². The molecule has 1 nitrogen and oxygen atoms in total. The average Bonchev–Trinajstić information content (AvgIpc) is 2.57. The van der Waals surface area contributed by atoms with Gasteiger partial charge in [0, 0.05) is 12.8 Å². The maximum atomic E-state index is 4.26. The number of rotatable bonds is 18. The van der Waals surface area contributed by atoms with E-state index in [-0.39, 0.29) is 12.4 Å². The van der Waals surface area contributed by atoms with Crippen LogP contribution in [-0.2, 0) is 0 Å². The van der Waals surface area contributed by atoms with Crippen LogP contribution in [0.3, 0.4) is 0 Å². The highest BCUT2D eigenvalue weighted by atomic mass is 35.5. The first-order valence-electron chi connectivity index (χ1n) is 10.7. The van der Waals surface area contributed by atoms with Crippen molar-refractivity contribution in [3.05, 3.63) is 0 Å². The van der Waals surface area contributed by atoms with Gasteiger partial charge >= 0.3 is 0 Å². The molecule has 0 fully saturated rings. The van der Waals surface area contributed by atoms with Gasteiger partial charge in [-0.15, -0.1) is 4.67 Å². The van der Waals surface area contributed by atoms with E-state index in [2.05, 4.69) is 25.2 Å². The average molecular weight is 358 g/mol. The molecule has 0 aliphatic heterocycles. The van der Waals surface area contributed by atoms with Crippen LogP contribution >= 0.6 is 0 Å². The molecule has 0 amide bonds. The molecular formula is C22H44ClN. The number of hydrogen-bond donors (Lipinski definition) is 0. The van der Waals surface area contributed by atoms with Crippen molar-refractivity contribution >= 4 is 12.4 Å². The summed E-state index contributed by atoms with van der Waals surface area (Å²) in [5.41, 5.74) is 1.36. The molecule has 2 heteroatoms. The highest BCUT2D eigenvalue weighted by molar-refractivity contribution is 5.84. The molecule has 0 aliphatic carbocycles. The van der Waals surface area contributed by atoms with Gasteiger partial charge in [0.05, 0.1) is 0 Å². The van der Waals surface area contributed by atoms with Crippen molar-refractivity contribution in [2.45, 2.75) is 129 Å². The van der Waals surface area contributed by atoms with E-state index in [1.54, 1.807) is 0 Å². The fraction of sp³-hybridized carbons (Fsp3) is 0.909. The molecule has 0 spiro atoms. The largest absolute Gasteiger partial charge is 1.00 e. The summed E-state index contributed by atoms with van der Waals surface area (Å²) < 4.78 is 4.26. The second kappa shape index (κ2) is 22.7. The summed E-state index contributed by atoms with van der Waals surface area (Å²) in [7, 11) is 0. The lowest BCUT2D eigenvalue weighted by molar-refractivity contribution is -0.00000527. The van der Waals surface area contributed by atoms with E-state index >= 15 is 0 Å². The van der Waals surface area contributed by atoms with Gasteiger partial charge in [-0.25, -0.2) is 0 Å². The molecular weight excluding hydrogens is 314 g/mol. The van der Waals surface area contributed by atoms with Crippen LogP contribution in [0.5, 0.6) is 0 Å². The lowest BCUT2D eigenvalue weighted by Crippen LogP contribution is -3.00. The van der Waals surface area contributed by atoms with Gasteiger partial charge in [0.2, 0.25) is 0 Å². The van der Waals surface area contributed by atoms with Crippen molar-refractivity contribution in [1.29, 1.82) is 0 Å². The van der Waals surface area contributed by atoms with Crippen LogP contribution in [0.25, 0.3) is 0 Å². The molecule has 0 radical (unpaired) electrons. The summed E-state index contributed by atoms with van der Waals surface area (Å²) >= 11 is 0. The lowest BCUT2D eigenvalue weighted by Gasteiger charge is -2.02. The minimum absolute atomic E-state index is 0. The van der Waals surface area contributed by atoms with Gasteiger partial charge in [0.25, 0.3) is 12.4 Å². The fourth-order valence-electron chi connectivity index (χ4n) is 3.21. The van der Waals surface area contributed by atoms with Crippen LogP contribution in [0.4, 0.5) is 0 Å². The summed E-state index contributed by atoms with van der Waals surface area (Å²) in [6.07, 6.45) is 24.7. The molecule has 0 heterocycles. The van der Waals surface area contributed by atoms with Crippen LogP contribution in [-0.4, -0.2) is 12.4 Å². The van der Waals surface area contributed by atoms with E-state index in [1.165, 1.54) is 121 Å². The van der Waals surface area contributed by atoms with Crippen molar-refractivity contribution in [2.75, 3.05) is 0 Å². The van der Waals surface area contributed by atoms with E-state index in [4.69, 9.17) is 0 Å². The monoisotopic (exact) mass is 357 g/mol. The molecule has 0 aromatic carbocycles. The topological polar surface area (TPSA) is 14.1 Å². The molecule has 0 saturated heterocycles. The summed E-state index contributed by atoms with van der Waals surface area (Å²) in [5, 5.41) is 0. The Hall–Kier alpha value is -0.260. The summed E-state index contributed by atoms with van der Waals surface area (Å²) in [6.45, 7) is 8.33. The maximum Gasteiger partial charge on any atom is 0.279 e. The van der Waals surface area contributed by atoms with Crippen molar-refractivity contribution in [3.8, 4) is 0 Å². The molecule has 0 unspecified atom stereocenters. The Morgan fingerprint density at radius 2 is 0.833 bits per heavy atom. The zero-order valence-corrected chi connectivity index (χ0v) is 17.5. The van der Waals surface area contributed by atoms with E-state index in [1.807, 2.05) is 0 Å². The second-order valence-corrected chi connectivity index (χ2v) is 7.17. The Morgan fingerprint density at radius 3 is 1.12 bits per heavy atom. The highest BCUT2D eigenvalue weighted by Crippen LogP contribution is 2.13. The van der Waals surface area contributed by atoms with Gasteiger partial charge in [-0.2, -0.15) is 0 Å². The standard InChI is InChI=1S/C22H44N.ClH/c1-4-6-8-10-12-13-14-15-17-19-21-22(23-3)20-18-16-11-9-7-5-2;/h3-21H2,1-2H3;1H/q+1;/p-1. The number of hydrogen-bond acceptors (Lipinski definition) is 0. The van der Waals surface area contributed by atoms with Gasteiger partial charge in [0.15, 0.2) is 0 Å². The first kappa shape index (κ1) is 26.0. The number of halogens is 1. The van der Waals surface area contributed by atoms with Gasteiger partial charge in [0.1, 0.15) is 0 Å². The minimum Gasteiger partial charge on any atom is -1.00 e. The van der Waals surface area contributed by atoms with Gasteiger partial charge in [-0.3, -0.25) is 0 Å². The number of unbranched alkanes of at least 4 members (excludes halogenated alkanes) is 14. The molecule has 0 bridgehead atoms. The first-order chi connectivity index (χ1) is 11.3. The van der Waals surface area contributed by atoms with E-state index in [9.17, 15) is 0 Å². The van der Waals surface area contributed by atoms with E-state index in [0.717, 1.165) is 0 Å². The third-order valence-electron chi connectivity index (χ3n) is 4.86. The lowest BCUT2D eigenvalue weighted by atomic mass is 10.0. The molecule has 24 heavy (non-hydrogen) atoms.